The van der Waals surface area contributed by atoms with Crippen molar-refractivity contribution in [2.45, 2.75) is 13.1 Å². The normalized spacial score (nSPS) is 11.8. The molecule has 0 fully saturated rings. The minimum atomic E-state index is -4.67. The number of hydrogen-bond donors (Lipinski definition) is 2. The zero-order valence-corrected chi connectivity index (χ0v) is 9.99. The van der Waals surface area contributed by atoms with Crippen molar-refractivity contribution < 1.29 is 17.6 Å². The first-order valence-corrected chi connectivity index (χ1v) is 5.09. The number of hydrogen-bond acceptors (Lipinski definition) is 2. The van der Waals surface area contributed by atoms with E-state index in [4.69, 9.17) is 5.73 Å². The number of hydrazone groups is 1. The summed E-state index contributed by atoms with van der Waals surface area (Å²) in [5.41, 5.74) is 5.35. The van der Waals surface area contributed by atoms with Crippen LogP contribution in [0.4, 0.5) is 17.6 Å². The van der Waals surface area contributed by atoms with E-state index < -0.39 is 23.1 Å². The number of benzene rings is 1. The van der Waals surface area contributed by atoms with Crippen molar-refractivity contribution >= 4 is 23.5 Å². The molecule has 0 aliphatic heterocycles. The maximum atomic E-state index is 13.1. The molecule has 8 heteroatoms. The van der Waals surface area contributed by atoms with Crippen LogP contribution in [-0.2, 0) is 6.18 Å². The minimum Gasteiger partial charge on any atom is -0.375 e. The summed E-state index contributed by atoms with van der Waals surface area (Å²) in [5, 5.41) is 3.24. The van der Waals surface area contributed by atoms with Gasteiger partial charge in [-0.1, -0.05) is 0 Å². The number of thiocarbonyl (C=S) groups is 1. The van der Waals surface area contributed by atoms with Gasteiger partial charge in [-0.25, -0.2) is 4.39 Å². The maximum absolute atomic E-state index is 13.1. The van der Waals surface area contributed by atoms with Crippen LogP contribution in [-0.4, -0.2) is 11.3 Å². The second-order valence-electron chi connectivity index (χ2n) is 3.37. The molecule has 0 amide bonds. The van der Waals surface area contributed by atoms with E-state index in [1.807, 2.05) is 0 Å². The van der Waals surface area contributed by atoms with Crippen LogP contribution in [0.15, 0.2) is 17.2 Å². The highest BCUT2D eigenvalue weighted by Crippen LogP contribution is 2.34. The van der Waals surface area contributed by atoms with Crippen LogP contribution in [0.25, 0.3) is 0 Å². The second-order valence-corrected chi connectivity index (χ2v) is 3.81. The van der Waals surface area contributed by atoms with E-state index in [0.717, 1.165) is 25.3 Å². The lowest BCUT2D eigenvalue weighted by Gasteiger charge is -2.13. The summed E-state index contributed by atoms with van der Waals surface area (Å²) < 4.78 is 51.5. The average Bonchev–Trinajstić information content (AvgIpc) is 2.21. The van der Waals surface area contributed by atoms with Gasteiger partial charge in [-0.15, -0.1) is 0 Å². The zero-order chi connectivity index (χ0) is 13.9. The summed E-state index contributed by atoms with van der Waals surface area (Å²) in [7, 11) is 0. The molecular weight excluding hydrogens is 270 g/mol. The summed E-state index contributed by atoms with van der Waals surface area (Å²) in [6.07, 6.45) is -3.79. The molecule has 3 N–H and O–H groups in total. The highest BCUT2D eigenvalue weighted by molar-refractivity contribution is 7.80. The van der Waals surface area contributed by atoms with Crippen molar-refractivity contribution in [3.05, 3.63) is 34.6 Å². The van der Waals surface area contributed by atoms with Crippen molar-refractivity contribution in [3.63, 3.8) is 0 Å². The first-order chi connectivity index (χ1) is 8.23. The lowest BCUT2D eigenvalue weighted by molar-refractivity contribution is -0.138. The third-order valence-corrected chi connectivity index (χ3v) is 2.18. The topological polar surface area (TPSA) is 50.4 Å². The van der Waals surface area contributed by atoms with Crippen molar-refractivity contribution in [2.75, 3.05) is 0 Å². The standard InChI is InChI=1S/C10H9F4N3S/c1-5-7(11)3-2-6(4-16-17-9(15)18)8(5)10(12,13)14/h2-4H,1H3,(H3,15,17,18). The third kappa shape index (κ3) is 3.39. The van der Waals surface area contributed by atoms with Crippen molar-refractivity contribution in [1.29, 1.82) is 0 Å². The summed E-state index contributed by atoms with van der Waals surface area (Å²) in [5.74, 6) is -0.929. The Balaban J connectivity index is 3.24. The number of nitrogens with zero attached hydrogens (tertiary/aromatic N) is 1. The Labute approximate surface area is 106 Å². The third-order valence-electron chi connectivity index (χ3n) is 2.09. The fourth-order valence-corrected chi connectivity index (χ4v) is 1.41. The van der Waals surface area contributed by atoms with E-state index in [9.17, 15) is 17.6 Å². The Morgan fingerprint density at radius 1 is 1.44 bits per heavy atom. The Morgan fingerprint density at radius 3 is 2.56 bits per heavy atom. The molecule has 0 saturated heterocycles. The largest absolute Gasteiger partial charge is 0.417 e. The van der Waals surface area contributed by atoms with E-state index in [1.165, 1.54) is 0 Å². The Kier molecular flexibility index (Phi) is 4.23. The van der Waals surface area contributed by atoms with Gasteiger partial charge < -0.3 is 5.73 Å². The van der Waals surface area contributed by atoms with E-state index in [2.05, 4.69) is 22.7 Å². The molecule has 3 nitrogen and oxygen atoms in total. The van der Waals surface area contributed by atoms with Gasteiger partial charge in [-0.3, -0.25) is 5.43 Å². The minimum absolute atomic E-state index is 0.182. The molecule has 0 heterocycles. The lowest BCUT2D eigenvalue weighted by Crippen LogP contribution is -2.24. The summed E-state index contributed by atoms with van der Waals surface area (Å²) in [4.78, 5) is 0. The molecule has 18 heavy (non-hydrogen) atoms. The van der Waals surface area contributed by atoms with Crippen LogP contribution >= 0.6 is 12.2 Å². The molecule has 0 bridgehead atoms. The smallest absolute Gasteiger partial charge is 0.375 e. The number of halogens is 4. The predicted molar refractivity (Wildman–Crippen MR) is 63.7 cm³/mol. The van der Waals surface area contributed by atoms with Crippen molar-refractivity contribution in [3.8, 4) is 0 Å². The van der Waals surface area contributed by atoms with Crippen LogP contribution in [0, 0.1) is 12.7 Å². The fraction of sp³-hybridized carbons (Fsp3) is 0.200. The van der Waals surface area contributed by atoms with Gasteiger partial charge in [0, 0.05) is 5.56 Å². The Bertz CT molecular complexity index is 497. The van der Waals surface area contributed by atoms with Crippen LogP contribution < -0.4 is 11.2 Å². The van der Waals surface area contributed by atoms with Crippen LogP contribution in [0.5, 0.6) is 0 Å². The van der Waals surface area contributed by atoms with E-state index >= 15 is 0 Å². The molecule has 0 atom stereocenters. The first-order valence-electron chi connectivity index (χ1n) is 4.68. The van der Waals surface area contributed by atoms with Crippen LogP contribution in [0.2, 0.25) is 0 Å². The predicted octanol–water partition coefficient (Wildman–Crippen LogP) is 2.32. The Hall–Kier alpha value is -1.70. The molecule has 1 rings (SSSR count). The van der Waals surface area contributed by atoms with Gasteiger partial charge in [-0.2, -0.15) is 18.3 Å². The van der Waals surface area contributed by atoms with Gasteiger partial charge >= 0.3 is 6.18 Å². The average molecular weight is 279 g/mol. The highest BCUT2D eigenvalue weighted by Gasteiger charge is 2.35. The number of nitrogens with one attached hydrogen (secondary N) is 1. The molecule has 0 spiro atoms. The van der Waals surface area contributed by atoms with Gasteiger partial charge in [-0.05, 0) is 36.8 Å². The van der Waals surface area contributed by atoms with Gasteiger partial charge in [0.25, 0.3) is 0 Å². The molecule has 1 aromatic rings. The molecule has 0 aromatic heterocycles. The molecule has 98 valence electrons. The van der Waals surface area contributed by atoms with Gasteiger partial charge in [0.2, 0.25) is 0 Å². The molecular formula is C10H9F4N3S. The summed E-state index contributed by atoms with van der Waals surface area (Å²) >= 11 is 4.43. The van der Waals surface area contributed by atoms with Crippen molar-refractivity contribution in [1.82, 2.24) is 5.43 Å². The number of alkyl halides is 3. The fourth-order valence-electron chi connectivity index (χ4n) is 1.36. The number of nitrogens with two attached hydrogens (primary N) is 1. The highest BCUT2D eigenvalue weighted by atomic mass is 32.1. The quantitative estimate of drug-likeness (QED) is 0.378. The van der Waals surface area contributed by atoms with Gasteiger partial charge in [0.05, 0.1) is 11.8 Å². The Morgan fingerprint density at radius 2 is 2.06 bits per heavy atom. The van der Waals surface area contributed by atoms with E-state index in [1.54, 1.807) is 0 Å². The lowest BCUT2D eigenvalue weighted by atomic mass is 10.0. The SMILES string of the molecule is Cc1c(F)ccc(C=NNC(N)=S)c1C(F)(F)F. The van der Waals surface area contributed by atoms with Gasteiger partial charge in [0.1, 0.15) is 5.82 Å². The maximum Gasteiger partial charge on any atom is 0.417 e. The second kappa shape index (κ2) is 5.30. The molecule has 0 aliphatic rings. The molecule has 0 unspecified atom stereocenters. The summed E-state index contributed by atoms with van der Waals surface area (Å²) in [6, 6.07) is 1.92. The van der Waals surface area contributed by atoms with Crippen molar-refractivity contribution in [2.24, 2.45) is 10.8 Å². The number of rotatable bonds is 2. The zero-order valence-electron chi connectivity index (χ0n) is 9.18. The molecule has 1 aromatic carbocycles. The van der Waals surface area contributed by atoms with Gasteiger partial charge in [0.15, 0.2) is 5.11 Å². The van der Waals surface area contributed by atoms with E-state index in [0.29, 0.717) is 0 Å². The van der Waals surface area contributed by atoms with Crippen LogP contribution in [0.3, 0.4) is 0 Å². The molecule has 0 aliphatic carbocycles. The summed E-state index contributed by atoms with van der Waals surface area (Å²) in [6.45, 7) is 1.05. The first kappa shape index (κ1) is 14.4. The van der Waals surface area contributed by atoms with Crippen LogP contribution in [0.1, 0.15) is 16.7 Å². The van der Waals surface area contributed by atoms with E-state index in [-0.39, 0.29) is 10.7 Å². The molecule has 0 saturated carbocycles. The monoisotopic (exact) mass is 279 g/mol. The molecule has 0 radical (unpaired) electrons.